The molecular formula is C18H24BrIN4. The van der Waals surface area contributed by atoms with Crippen molar-refractivity contribution in [2.75, 3.05) is 20.6 Å². The van der Waals surface area contributed by atoms with Gasteiger partial charge in [-0.05, 0) is 42.2 Å². The highest BCUT2D eigenvalue weighted by atomic mass is 127. The van der Waals surface area contributed by atoms with Gasteiger partial charge in [0, 0.05) is 44.1 Å². The summed E-state index contributed by atoms with van der Waals surface area (Å²) in [6.45, 7) is 3.74. The fraction of sp³-hybridized carbons (Fsp3) is 0.333. The molecule has 0 amide bonds. The first-order valence-electron chi connectivity index (χ1n) is 7.66. The first-order valence-corrected chi connectivity index (χ1v) is 8.45. The lowest BCUT2D eigenvalue weighted by atomic mass is 10.1. The number of benzene rings is 1. The Morgan fingerprint density at radius 1 is 1.25 bits per heavy atom. The zero-order valence-electron chi connectivity index (χ0n) is 14.3. The van der Waals surface area contributed by atoms with Gasteiger partial charge >= 0.3 is 0 Å². The number of nitrogens with zero attached hydrogens (tertiary/aromatic N) is 3. The van der Waals surface area contributed by atoms with Crippen LogP contribution in [0.1, 0.15) is 16.7 Å². The van der Waals surface area contributed by atoms with Crippen LogP contribution >= 0.6 is 39.9 Å². The molecule has 2 aromatic rings. The number of aromatic nitrogens is 1. The molecule has 4 nitrogen and oxygen atoms in total. The number of rotatable bonds is 5. The predicted octanol–water partition coefficient (Wildman–Crippen LogP) is 4.02. The SMILES string of the molecule is CN=C(NCCc1ccncc1C)N(C)Cc1ccccc1Br.I. The summed E-state index contributed by atoms with van der Waals surface area (Å²) in [5, 5.41) is 3.42. The first kappa shape index (κ1) is 20.9. The second-order valence-electron chi connectivity index (χ2n) is 5.47. The van der Waals surface area contributed by atoms with Gasteiger partial charge in [-0.1, -0.05) is 34.1 Å². The molecule has 24 heavy (non-hydrogen) atoms. The average Bonchev–Trinajstić information content (AvgIpc) is 2.55. The van der Waals surface area contributed by atoms with E-state index in [4.69, 9.17) is 0 Å². The second-order valence-corrected chi connectivity index (χ2v) is 6.33. The van der Waals surface area contributed by atoms with Gasteiger partial charge in [0.05, 0.1) is 0 Å². The summed E-state index contributed by atoms with van der Waals surface area (Å²) in [7, 11) is 3.86. The lowest BCUT2D eigenvalue weighted by molar-refractivity contribution is 0.476. The van der Waals surface area contributed by atoms with Gasteiger partial charge in [-0.3, -0.25) is 9.98 Å². The van der Waals surface area contributed by atoms with Crippen LogP contribution in [0.4, 0.5) is 0 Å². The molecule has 0 bridgehead atoms. The molecule has 0 radical (unpaired) electrons. The maximum atomic E-state index is 4.37. The van der Waals surface area contributed by atoms with E-state index in [9.17, 15) is 0 Å². The third kappa shape index (κ3) is 6.05. The van der Waals surface area contributed by atoms with Crippen LogP contribution in [0.5, 0.6) is 0 Å². The van der Waals surface area contributed by atoms with Crippen LogP contribution in [0.25, 0.3) is 0 Å². The monoisotopic (exact) mass is 502 g/mol. The summed E-state index contributed by atoms with van der Waals surface area (Å²) in [6, 6.07) is 10.3. The summed E-state index contributed by atoms with van der Waals surface area (Å²) in [5.41, 5.74) is 3.78. The maximum Gasteiger partial charge on any atom is 0.193 e. The molecule has 0 fully saturated rings. The van der Waals surface area contributed by atoms with E-state index in [1.165, 1.54) is 16.7 Å². The molecule has 0 atom stereocenters. The number of halogens is 2. The van der Waals surface area contributed by atoms with Crippen molar-refractivity contribution in [3.8, 4) is 0 Å². The number of hydrogen-bond acceptors (Lipinski definition) is 2. The van der Waals surface area contributed by atoms with Crippen molar-refractivity contribution in [2.24, 2.45) is 4.99 Å². The Bertz CT molecular complexity index is 676. The third-order valence-electron chi connectivity index (χ3n) is 3.75. The predicted molar refractivity (Wildman–Crippen MR) is 115 cm³/mol. The maximum absolute atomic E-state index is 4.37. The van der Waals surface area contributed by atoms with Crippen molar-refractivity contribution in [3.63, 3.8) is 0 Å². The van der Waals surface area contributed by atoms with E-state index >= 15 is 0 Å². The van der Waals surface area contributed by atoms with Gasteiger partial charge in [-0.25, -0.2) is 0 Å². The number of aliphatic imine (C=N–C) groups is 1. The van der Waals surface area contributed by atoms with Crippen molar-refractivity contribution in [1.29, 1.82) is 0 Å². The van der Waals surface area contributed by atoms with E-state index in [1.807, 2.05) is 32.6 Å². The number of hydrogen-bond donors (Lipinski definition) is 1. The Kier molecular flexibility index (Phi) is 9.28. The van der Waals surface area contributed by atoms with Crippen molar-refractivity contribution in [3.05, 3.63) is 63.9 Å². The number of nitrogens with one attached hydrogen (secondary N) is 1. The first-order chi connectivity index (χ1) is 11.1. The molecule has 0 unspecified atom stereocenters. The van der Waals surface area contributed by atoms with E-state index in [-0.39, 0.29) is 24.0 Å². The molecule has 6 heteroatoms. The minimum Gasteiger partial charge on any atom is -0.356 e. The zero-order chi connectivity index (χ0) is 16.7. The summed E-state index contributed by atoms with van der Waals surface area (Å²) in [6.07, 6.45) is 4.70. The highest BCUT2D eigenvalue weighted by Crippen LogP contribution is 2.17. The summed E-state index contributed by atoms with van der Waals surface area (Å²) >= 11 is 3.59. The van der Waals surface area contributed by atoms with Gasteiger partial charge in [0.25, 0.3) is 0 Å². The van der Waals surface area contributed by atoms with Crippen molar-refractivity contribution in [1.82, 2.24) is 15.2 Å². The van der Waals surface area contributed by atoms with E-state index in [2.05, 4.69) is 67.3 Å². The quantitative estimate of drug-likeness (QED) is 0.381. The summed E-state index contributed by atoms with van der Waals surface area (Å²) < 4.78 is 1.12. The molecule has 0 spiro atoms. The molecule has 1 N–H and O–H groups in total. The standard InChI is InChI=1S/C18H23BrN4.HI/c1-14-12-21-10-8-15(14)9-11-22-18(20-2)23(3)13-16-6-4-5-7-17(16)19;/h4-8,10,12H,9,11,13H2,1-3H3,(H,20,22);1H. The molecular weight excluding hydrogens is 479 g/mol. The van der Waals surface area contributed by atoms with E-state index in [0.29, 0.717) is 0 Å². The van der Waals surface area contributed by atoms with E-state index in [0.717, 1.165) is 29.9 Å². The molecule has 1 aromatic heterocycles. The van der Waals surface area contributed by atoms with Gasteiger partial charge in [0.15, 0.2) is 5.96 Å². The minimum absolute atomic E-state index is 0. The van der Waals surface area contributed by atoms with Crippen LogP contribution in [0.2, 0.25) is 0 Å². The van der Waals surface area contributed by atoms with Gasteiger partial charge in [0.1, 0.15) is 0 Å². The molecule has 130 valence electrons. The van der Waals surface area contributed by atoms with Gasteiger partial charge in [-0.2, -0.15) is 0 Å². The fourth-order valence-corrected chi connectivity index (χ4v) is 2.84. The van der Waals surface area contributed by atoms with Crippen LogP contribution in [0.3, 0.4) is 0 Å². The Hall–Kier alpha value is -1.15. The van der Waals surface area contributed by atoms with Crippen LogP contribution in [-0.4, -0.2) is 36.5 Å². The Balaban J connectivity index is 0.00000288. The topological polar surface area (TPSA) is 40.5 Å². The lowest BCUT2D eigenvalue weighted by Gasteiger charge is -2.23. The highest BCUT2D eigenvalue weighted by molar-refractivity contribution is 14.0. The normalized spacial score (nSPS) is 10.9. The molecule has 1 heterocycles. The van der Waals surface area contributed by atoms with Gasteiger partial charge in [-0.15, -0.1) is 24.0 Å². The zero-order valence-corrected chi connectivity index (χ0v) is 18.2. The van der Waals surface area contributed by atoms with E-state index < -0.39 is 0 Å². The van der Waals surface area contributed by atoms with Crippen LogP contribution in [0, 0.1) is 6.92 Å². The molecule has 0 aliphatic heterocycles. The van der Waals surface area contributed by atoms with Gasteiger partial charge in [0.2, 0.25) is 0 Å². The van der Waals surface area contributed by atoms with E-state index in [1.54, 1.807) is 0 Å². The molecule has 2 rings (SSSR count). The molecule has 0 saturated heterocycles. The highest BCUT2D eigenvalue weighted by Gasteiger charge is 2.08. The second kappa shape index (κ2) is 10.7. The molecule has 0 aliphatic carbocycles. The van der Waals surface area contributed by atoms with Crippen molar-refractivity contribution >= 4 is 45.9 Å². The number of pyridine rings is 1. The van der Waals surface area contributed by atoms with Gasteiger partial charge < -0.3 is 10.2 Å². The third-order valence-corrected chi connectivity index (χ3v) is 4.53. The van der Waals surface area contributed by atoms with Crippen LogP contribution in [-0.2, 0) is 13.0 Å². The minimum atomic E-state index is 0. The Morgan fingerprint density at radius 2 is 2.00 bits per heavy atom. The molecule has 0 aliphatic rings. The summed E-state index contributed by atoms with van der Waals surface area (Å²) in [5.74, 6) is 0.896. The smallest absolute Gasteiger partial charge is 0.193 e. The molecule has 0 saturated carbocycles. The average molecular weight is 503 g/mol. The van der Waals surface area contributed by atoms with Crippen LogP contribution < -0.4 is 5.32 Å². The number of guanidine groups is 1. The van der Waals surface area contributed by atoms with Crippen molar-refractivity contribution < 1.29 is 0 Å². The lowest BCUT2D eigenvalue weighted by Crippen LogP contribution is -2.39. The van der Waals surface area contributed by atoms with Crippen molar-refractivity contribution in [2.45, 2.75) is 19.9 Å². The molecule has 1 aromatic carbocycles. The fourth-order valence-electron chi connectivity index (χ4n) is 2.43. The Labute approximate surface area is 169 Å². The largest absolute Gasteiger partial charge is 0.356 e. The van der Waals surface area contributed by atoms with Crippen LogP contribution in [0.15, 0.2) is 52.2 Å². The number of aryl methyl sites for hydroxylation is 1. The summed E-state index contributed by atoms with van der Waals surface area (Å²) in [4.78, 5) is 10.6. The Morgan fingerprint density at radius 3 is 2.67 bits per heavy atom.